The molecule has 1 atom stereocenters. The number of rotatable bonds is 13. The Balaban J connectivity index is 2.07. The zero-order chi connectivity index (χ0) is 24.2. The van der Waals surface area contributed by atoms with Crippen molar-refractivity contribution >= 4 is 40.9 Å². The molecule has 33 heavy (non-hydrogen) atoms. The van der Waals surface area contributed by atoms with Crippen LogP contribution in [0.25, 0.3) is 0 Å². The number of benzene rings is 2. The summed E-state index contributed by atoms with van der Waals surface area (Å²) in [4.78, 5) is 38.0. The minimum Gasteiger partial charge on any atom is -0.354 e. The molecular weight excluding hydrogens is 462 g/mol. The molecule has 0 spiro atoms. The van der Waals surface area contributed by atoms with Gasteiger partial charge in [0.05, 0.1) is 10.7 Å². The molecule has 7 nitrogen and oxygen atoms in total. The number of nitrogens with one attached hydrogen (secondary N) is 1. The molecule has 0 heterocycles. The molecule has 1 N–H and O–H groups in total. The number of amides is 2. The normalized spacial score (nSPS) is 11.6. The first-order chi connectivity index (χ1) is 15.8. The molecule has 0 saturated carbocycles. The Kier molecular flexibility index (Phi) is 11.2. The third-order valence-corrected chi connectivity index (χ3v) is 6.36. The molecule has 2 amide bonds. The fraction of sp³-hybridized carbons (Fsp3) is 0.417. The second-order valence-electron chi connectivity index (χ2n) is 7.63. The van der Waals surface area contributed by atoms with Gasteiger partial charge in [0.15, 0.2) is 0 Å². The Morgan fingerprint density at radius 2 is 1.73 bits per heavy atom. The highest BCUT2D eigenvalue weighted by atomic mass is 35.5. The predicted octanol–water partition coefficient (Wildman–Crippen LogP) is 5.21. The van der Waals surface area contributed by atoms with Crippen molar-refractivity contribution in [3.8, 4) is 0 Å². The average molecular weight is 492 g/mol. The number of nitrogens with zero attached hydrogens (tertiary/aromatic N) is 2. The summed E-state index contributed by atoms with van der Waals surface area (Å²) in [7, 11) is 0. The van der Waals surface area contributed by atoms with Crippen molar-refractivity contribution in [1.82, 2.24) is 10.2 Å². The molecule has 0 aliphatic carbocycles. The number of thioether (sulfide) groups is 1. The van der Waals surface area contributed by atoms with E-state index >= 15 is 0 Å². The van der Waals surface area contributed by atoms with Crippen LogP contribution in [-0.2, 0) is 21.9 Å². The highest BCUT2D eigenvalue weighted by Crippen LogP contribution is 2.20. The van der Waals surface area contributed by atoms with E-state index < -0.39 is 11.0 Å². The van der Waals surface area contributed by atoms with Crippen molar-refractivity contribution in [1.29, 1.82) is 0 Å². The van der Waals surface area contributed by atoms with Crippen LogP contribution in [0.1, 0.15) is 44.2 Å². The number of hydrogen-bond acceptors (Lipinski definition) is 5. The van der Waals surface area contributed by atoms with Crippen LogP contribution in [0, 0.1) is 10.1 Å². The van der Waals surface area contributed by atoms with Crippen LogP contribution in [-0.4, -0.2) is 40.0 Å². The van der Waals surface area contributed by atoms with E-state index in [4.69, 9.17) is 11.6 Å². The molecule has 178 valence electrons. The number of non-ortho nitro benzene ring substituents is 1. The summed E-state index contributed by atoms with van der Waals surface area (Å²) in [5.41, 5.74) is 1.83. The maximum Gasteiger partial charge on any atom is 0.269 e. The third-order valence-electron chi connectivity index (χ3n) is 5.12. The smallest absolute Gasteiger partial charge is 0.269 e. The second kappa shape index (κ2) is 13.9. The third kappa shape index (κ3) is 8.70. The number of nitro groups is 1. The lowest BCUT2D eigenvalue weighted by Crippen LogP contribution is -2.49. The van der Waals surface area contributed by atoms with Gasteiger partial charge in [0.2, 0.25) is 11.8 Å². The van der Waals surface area contributed by atoms with Gasteiger partial charge in [-0.2, -0.15) is 0 Å². The highest BCUT2D eigenvalue weighted by molar-refractivity contribution is 7.99. The number of hydrogen-bond donors (Lipinski definition) is 1. The summed E-state index contributed by atoms with van der Waals surface area (Å²) in [6.45, 7) is 4.86. The van der Waals surface area contributed by atoms with Gasteiger partial charge in [0.25, 0.3) is 5.69 Å². The van der Waals surface area contributed by atoms with E-state index in [9.17, 15) is 19.7 Å². The fourth-order valence-electron chi connectivity index (χ4n) is 3.27. The number of unbranched alkanes of at least 4 members (excludes halogenated alkanes) is 1. The van der Waals surface area contributed by atoms with Crippen molar-refractivity contribution < 1.29 is 14.5 Å². The average Bonchev–Trinajstić information content (AvgIpc) is 2.80. The lowest BCUT2D eigenvalue weighted by molar-refractivity contribution is -0.384. The van der Waals surface area contributed by atoms with Gasteiger partial charge in [-0.3, -0.25) is 19.7 Å². The summed E-state index contributed by atoms with van der Waals surface area (Å²) in [6, 6.07) is 13.0. The van der Waals surface area contributed by atoms with Gasteiger partial charge in [-0.1, -0.05) is 56.1 Å². The van der Waals surface area contributed by atoms with Gasteiger partial charge in [-0.25, -0.2) is 0 Å². The molecule has 0 radical (unpaired) electrons. The Labute approximate surface area is 204 Å². The summed E-state index contributed by atoms with van der Waals surface area (Å²) in [5, 5.41) is 14.4. The van der Waals surface area contributed by atoms with Gasteiger partial charge in [-0.15, -0.1) is 11.8 Å². The number of nitro benzene ring substituents is 1. The van der Waals surface area contributed by atoms with E-state index in [1.807, 2.05) is 19.1 Å². The number of carbonyl (C=O) groups excluding carboxylic acids is 2. The zero-order valence-electron chi connectivity index (χ0n) is 19.0. The second-order valence-corrected chi connectivity index (χ2v) is 9.06. The van der Waals surface area contributed by atoms with Crippen molar-refractivity contribution in [2.75, 3.05) is 12.3 Å². The Morgan fingerprint density at radius 3 is 2.30 bits per heavy atom. The fourth-order valence-corrected chi connectivity index (χ4v) is 4.26. The Morgan fingerprint density at radius 1 is 1.09 bits per heavy atom. The van der Waals surface area contributed by atoms with Gasteiger partial charge < -0.3 is 10.2 Å². The standard InChI is InChI=1S/C24H30ClN3O4S/c1-3-5-14-26-24(30)22(4-2)27(15-18-6-10-20(25)11-7-18)23(29)17-33-16-19-8-12-21(13-9-19)28(31)32/h6-13,22H,3-5,14-17H2,1-2H3,(H,26,30). The van der Waals surface area contributed by atoms with Crippen molar-refractivity contribution in [2.45, 2.75) is 51.4 Å². The number of halogens is 1. The quantitative estimate of drug-likeness (QED) is 0.236. The van der Waals surface area contributed by atoms with E-state index in [1.54, 1.807) is 29.2 Å². The van der Waals surface area contributed by atoms with Crippen LogP contribution in [0.4, 0.5) is 5.69 Å². The Hall–Kier alpha value is -2.58. The van der Waals surface area contributed by atoms with Gasteiger partial charge in [-0.05, 0) is 36.1 Å². The maximum absolute atomic E-state index is 13.2. The van der Waals surface area contributed by atoms with Crippen molar-refractivity contribution in [3.63, 3.8) is 0 Å². The molecule has 2 rings (SSSR count). The Bertz CT molecular complexity index is 922. The van der Waals surface area contributed by atoms with E-state index in [1.165, 1.54) is 23.9 Å². The van der Waals surface area contributed by atoms with Crippen LogP contribution in [0.3, 0.4) is 0 Å². The summed E-state index contributed by atoms with van der Waals surface area (Å²) in [6.07, 6.45) is 2.37. The van der Waals surface area contributed by atoms with E-state index in [-0.39, 0.29) is 23.3 Å². The minimum absolute atomic E-state index is 0.0360. The van der Waals surface area contributed by atoms with Gasteiger partial charge in [0.1, 0.15) is 6.04 Å². The molecule has 0 aliphatic rings. The lowest BCUT2D eigenvalue weighted by Gasteiger charge is -2.30. The summed E-state index contributed by atoms with van der Waals surface area (Å²) >= 11 is 7.41. The van der Waals surface area contributed by atoms with E-state index in [2.05, 4.69) is 12.2 Å². The first-order valence-corrected chi connectivity index (χ1v) is 12.5. The van der Waals surface area contributed by atoms with E-state index in [0.29, 0.717) is 30.3 Å². The largest absolute Gasteiger partial charge is 0.354 e. The van der Waals surface area contributed by atoms with Crippen LogP contribution in [0.2, 0.25) is 5.02 Å². The number of carbonyl (C=O) groups is 2. The molecule has 1 unspecified atom stereocenters. The monoisotopic (exact) mass is 491 g/mol. The van der Waals surface area contributed by atoms with E-state index in [0.717, 1.165) is 24.0 Å². The summed E-state index contributed by atoms with van der Waals surface area (Å²) in [5.74, 6) is 0.462. The SMILES string of the molecule is CCCCNC(=O)C(CC)N(Cc1ccc(Cl)cc1)C(=O)CSCc1ccc([N+](=O)[O-])cc1. The maximum atomic E-state index is 13.2. The molecule has 9 heteroatoms. The molecule has 2 aromatic carbocycles. The molecule has 0 bridgehead atoms. The summed E-state index contributed by atoms with van der Waals surface area (Å²) < 4.78 is 0. The van der Waals surface area contributed by atoms with Gasteiger partial charge in [0, 0.05) is 36.0 Å². The van der Waals surface area contributed by atoms with Crippen LogP contribution in [0.15, 0.2) is 48.5 Å². The topological polar surface area (TPSA) is 92.6 Å². The van der Waals surface area contributed by atoms with Crippen LogP contribution >= 0.6 is 23.4 Å². The molecule has 0 saturated heterocycles. The first-order valence-electron chi connectivity index (χ1n) is 11.0. The van der Waals surface area contributed by atoms with Crippen LogP contribution < -0.4 is 5.32 Å². The molecule has 0 aliphatic heterocycles. The molecule has 0 aromatic heterocycles. The molecule has 0 fully saturated rings. The molecule has 2 aromatic rings. The molecular formula is C24H30ClN3O4S. The van der Waals surface area contributed by atoms with Gasteiger partial charge >= 0.3 is 0 Å². The predicted molar refractivity (Wildman–Crippen MR) is 133 cm³/mol. The van der Waals surface area contributed by atoms with Crippen LogP contribution in [0.5, 0.6) is 0 Å². The minimum atomic E-state index is -0.565. The lowest BCUT2D eigenvalue weighted by atomic mass is 10.1. The highest BCUT2D eigenvalue weighted by Gasteiger charge is 2.28. The van der Waals surface area contributed by atoms with Crippen molar-refractivity contribution in [3.05, 3.63) is 74.8 Å². The zero-order valence-corrected chi connectivity index (χ0v) is 20.5. The first kappa shape index (κ1) is 26.7. The van der Waals surface area contributed by atoms with Crippen molar-refractivity contribution in [2.24, 2.45) is 0 Å².